The second kappa shape index (κ2) is 9.09. The maximum atomic E-state index is 12.6. The Morgan fingerprint density at radius 1 is 1.07 bits per heavy atom. The molecule has 1 fully saturated rings. The number of rotatable bonds is 8. The predicted molar refractivity (Wildman–Crippen MR) is 107 cm³/mol. The van der Waals surface area contributed by atoms with E-state index in [2.05, 4.69) is 16.0 Å². The van der Waals surface area contributed by atoms with Crippen molar-refractivity contribution < 1.29 is 24.2 Å². The average molecular weight is 397 g/mol. The summed E-state index contributed by atoms with van der Waals surface area (Å²) in [6.45, 7) is 0. The maximum Gasteiger partial charge on any atom is 0.319 e. The minimum absolute atomic E-state index is 0.251. The number of urea groups is 1. The van der Waals surface area contributed by atoms with E-state index in [9.17, 15) is 19.5 Å². The number of ether oxygens (including phenoxy) is 1. The summed E-state index contributed by atoms with van der Waals surface area (Å²) in [5.41, 5.74) is 1.59. The van der Waals surface area contributed by atoms with Crippen LogP contribution < -0.4 is 20.7 Å². The summed E-state index contributed by atoms with van der Waals surface area (Å²) < 4.78 is 5.11. The summed E-state index contributed by atoms with van der Waals surface area (Å²) in [7, 11) is 1.54. The second-order valence-electron chi connectivity index (χ2n) is 6.85. The number of nitrogens with one attached hydrogen (secondary N) is 3. The van der Waals surface area contributed by atoms with Gasteiger partial charge in [-0.15, -0.1) is 0 Å². The number of methoxy groups -OCH3 is 1. The second-order valence-corrected chi connectivity index (χ2v) is 6.85. The molecule has 4 N–H and O–H groups in total. The molecule has 2 aromatic carbocycles. The maximum absolute atomic E-state index is 12.6. The molecular weight excluding hydrogens is 374 g/mol. The molecule has 8 heteroatoms. The van der Waals surface area contributed by atoms with Gasteiger partial charge in [-0.1, -0.05) is 12.1 Å². The smallest absolute Gasteiger partial charge is 0.319 e. The van der Waals surface area contributed by atoms with Gasteiger partial charge in [0.05, 0.1) is 19.6 Å². The zero-order chi connectivity index (χ0) is 20.8. The molecule has 8 nitrogen and oxygen atoms in total. The largest absolute Gasteiger partial charge is 0.497 e. The zero-order valence-corrected chi connectivity index (χ0v) is 16.0. The van der Waals surface area contributed by atoms with E-state index in [4.69, 9.17) is 4.74 Å². The molecule has 3 amide bonds. The Balaban J connectivity index is 1.64. The van der Waals surface area contributed by atoms with Gasteiger partial charge in [0.15, 0.2) is 0 Å². The summed E-state index contributed by atoms with van der Waals surface area (Å²) >= 11 is 0. The number of hydrogen-bond acceptors (Lipinski definition) is 4. The molecule has 3 rings (SSSR count). The monoisotopic (exact) mass is 397 g/mol. The number of carbonyl (C=O) groups is 3. The molecular formula is C21H23N3O5. The molecule has 0 unspecified atom stereocenters. The van der Waals surface area contributed by atoms with Crippen molar-refractivity contribution in [1.82, 2.24) is 10.6 Å². The lowest BCUT2D eigenvalue weighted by atomic mass is 10.0. The number of aliphatic carboxylic acids is 1. The van der Waals surface area contributed by atoms with Crippen molar-refractivity contribution in [3.05, 3.63) is 59.7 Å². The molecule has 1 saturated carbocycles. The summed E-state index contributed by atoms with van der Waals surface area (Å²) in [4.78, 5) is 35.6. The standard InChI is InChI=1S/C21H23N3O5/c1-29-17-10-4-13(5-11-17)18(12-19(25)26)24-20(27)14-2-6-15(7-3-14)22-21(28)23-16-8-9-16/h2-7,10-11,16,18H,8-9,12H2,1H3,(H,24,27)(H,25,26)(H2,22,23,28)/t18-/m1/s1. The molecule has 2 aromatic rings. The van der Waals surface area contributed by atoms with Gasteiger partial charge in [0.25, 0.3) is 5.91 Å². The predicted octanol–water partition coefficient (Wildman–Crippen LogP) is 2.92. The highest BCUT2D eigenvalue weighted by Crippen LogP contribution is 2.22. The summed E-state index contributed by atoms with van der Waals surface area (Å²) in [6, 6.07) is 12.6. The van der Waals surface area contributed by atoms with E-state index in [1.165, 1.54) is 0 Å². The molecule has 0 saturated heterocycles. The van der Waals surface area contributed by atoms with Crippen LogP contribution in [0.2, 0.25) is 0 Å². The van der Waals surface area contributed by atoms with Crippen molar-refractivity contribution in [2.45, 2.75) is 31.3 Å². The summed E-state index contributed by atoms with van der Waals surface area (Å²) in [5, 5.41) is 17.5. The van der Waals surface area contributed by atoms with Gasteiger partial charge in [-0.2, -0.15) is 0 Å². The first-order chi connectivity index (χ1) is 13.9. The van der Waals surface area contributed by atoms with Crippen LogP contribution in [0.1, 0.15) is 41.2 Å². The van der Waals surface area contributed by atoms with Crippen LogP contribution in [0, 0.1) is 0 Å². The van der Waals surface area contributed by atoms with Crippen LogP contribution in [-0.2, 0) is 4.79 Å². The number of carboxylic acids is 1. The highest BCUT2D eigenvalue weighted by Gasteiger charge is 2.23. The lowest BCUT2D eigenvalue weighted by Crippen LogP contribution is -2.31. The third-order valence-corrected chi connectivity index (χ3v) is 4.52. The van der Waals surface area contributed by atoms with Crippen LogP contribution >= 0.6 is 0 Å². The van der Waals surface area contributed by atoms with Crippen molar-refractivity contribution in [3.8, 4) is 5.75 Å². The Morgan fingerprint density at radius 2 is 1.72 bits per heavy atom. The van der Waals surface area contributed by atoms with Crippen molar-refractivity contribution in [2.75, 3.05) is 12.4 Å². The zero-order valence-electron chi connectivity index (χ0n) is 16.0. The van der Waals surface area contributed by atoms with E-state index in [1.54, 1.807) is 55.6 Å². The third-order valence-electron chi connectivity index (χ3n) is 4.52. The topological polar surface area (TPSA) is 117 Å². The molecule has 0 heterocycles. The van der Waals surface area contributed by atoms with Gasteiger partial charge >= 0.3 is 12.0 Å². The number of carbonyl (C=O) groups excluding carboxylic acids is 2. The quantitative estimate of drug-likeness (QED) is 0.546. The minimum Gasteiger partial charge on any atom is -0.497 e. The molecule has 1 atom stereocenters. The lowest BCUT2D eigenvalue weighted by molar-refractivity contribution is -0.137. The van der Waals surface area contributed by atoms with E-state index in [1.807, 2.05) is 0 Å². The van der Waals surface area contributed by atoms with Crippen molar-refractivity contribution >= 4 is 23.6 Å². The van der Waals surface area contributed by atoms with Crippen LogP contribution in [0.4, 0.5) is 10.5 Å². The SMILES string of the molecule is COc1ccc([C@@H](CC(=O)O)NC(=O)c2ccc(NC(=O)NC3CC3)cc2)cc1. The molecule has 1 aliphatic carbocycles. The molecule has 1 aliphatic rings. The van der Waals surface area contributed by atoms with E-state index < -0.39 is 17.9 Å². The van der Waals surface area contributed by atoms with Gasteiger partial charge in [0, 0.05) is 17.3 Å². The highest BCUT2D eigenvalue weighted by molar-refractivity contribution is 5.96. The van der Waals surface area contributed by atoms with E-state index in [0.29, 0.717) is 22.6 Å². The number of benzene rings is 2. The van der Waals surface area contributed by atoms with Gasteiger partial charge in [0.2, 0.25) is 0 Å². The Labute approximate surface area is 168 Å². The molecule has 0 aliphatic heterocycles. The first-order valence-electron chi connectivity index (χ1n) is 9.29. The van der Waals surface area contributed by atoms with Crippen LogP contribution in [0.3, 0.4) is 0 Å². The fraction of sp³-hybridized carbons (Fsp3) is 0.286. The van der Waals surface area contributed by atoms with Gasteiger partial charge in [0.1, 0.15) is 5.75 Å². The highest BCUT2D eigenvalue weighted by atomic mass is 16.5. The first-order valence-corrected chi connectivity index (χ1v) is 9.29. The molecule has 0 aromatic heterocycles. The van der Waals surface area contributed by atoms with Gasteiger partial charge < -0.3 is 25.8 Å². The van der Waals surface area contributed by atoms with E-state index >= 15 is 0 Å². The van der Waals surface area contributed by atoms with Crippen molar-refractivity contribution in [2.24, 2.45) is 0 Å². The summed E-state index contributed by atoms with van der Waals surface area (Å²) in [5.74, 6) is -0.781. The number of amides is 3. The van der Waals surface area contributed by atoms with Crippen LogP contribution in [-0.4, -0.2) is 36.2 Å². The van der Waals surface area contributed by atoms with Crippen LogP contribution in [0.5, 0.6) is 5.75 Å². The van der Waals surface area contributed by atoms with Crippen molar-refractivity contribution in [3.63, 3.8) is 0 Å². The Bertz CT molecular complexity index is 876. The molecule has 29 heavy (non-hydrogen) atoms. The number of carboxylic acid groups (broad SMARTS) is 1. The normalized spacial score (nSPS) is 13.8. The molecule has 0 bridgehead atoms. The van der Waals surface area contributed by atoms with Gasteiger partial charge in [-0.05, 0) is 54.8 Å². The summed E-state index contributed by atoms with van der Waals surface area (Å²) in [6.07, 6.45) is 1.75. The average Bonchev–Trinajstić information content (AvgIpc) is 3.51. The Hall–Kier alpha value is -3.55. The Morgan fingerprint density at radius 3 is 2.28 bits per heavy atom. The third kappa shape index (κ3) is 5.97. The number of hydrogen-bond donors (Lipinski definition) is 4. The van der Waals surface area contributed by atoms with Gasteiger partial charge in [-0.3, -0.25) is 9.59 Å². The van der Waals surface area contributed by atoms with E-state index in [0.717, 1.165) is 12.8 Å². The molecule has 0 radical (unpaired) electrons. The minimum atomic E-state index is -1.02. The molecule has 152 valence electrons. The Kier molecular flexibility index (Phi) is 6.33. The fourth-order valence-corrected chi connectivity index (χ4v) is 2.79. The van der Waals surface area contributed by atoms with Crippen molar-refractivity contribution in [1.29, 1.82) is 0 Å². The first kappa shape index (κ1) is 20.2. The fourth-order valence-electron chi connectivity index (χ4n) is 2.79. The van der Waals surface area contributed by atoms with Gasteiger partial charge in [-0.25, -0.2) is 4.79 Å². The van der Waals surface area contributed by atoms with Crippen LogP contribution in [0.25, 0.3) is 0 Å². The lowest BCUT2D eigenvalue weighted by Gasteiger charge is -2.18. The van der Waals surface area contributed by atoms with E-state index in [-0.39, 0.29) is 18.5 Å². The molecule has 0 spiro atoms. The van der Waals surface area contributed by atoms with Crippen LogP contribution in [0.15, 0.2) is 48.5 Å². The number of anilines is 1.